The lowest BCUT2D eigenvalue weighted by molar-refractivity contribution is -0.889. The molecule has 2 unspecified atom stereocenters. The lowest BCUT2D eigenvalue weighted by Crippen LogP contribution is -2.55. The zero-order chi connectivity index (χ0) is 47.0. The maximum atomic E-state index is 12.8. The van der Waals surface area contributed by atoms with Crippen molar-refractivity contribution in [1.82, 2.24) is 0 Å². The van der Waals surface area contributed by atoms with Crippen LogP contribution in [0.4, 0.5) is 0 Å². The number of allylic oxidation sites excluding steroid dienone is 14. The highest BCUT2D eigenvalue weighted by molar-refractivity contribution is 5.70. The number of carboxylic acids is 1. The third-order valence-corrected chi connectivity index (χ3v) is 11.0. The van der Waals surface area contributed by atoms with E-state index >= 15 is 0 Å². The fourth-order valence-electron chi connectivity index (χ4n) is 7.08. The van der Waals surface area contributed by atoms with Crippen LogP contribution in [-0.4, -0.2) is 75.5 Å². The lowest BCUT2D eigenvalue weighted by atomic mass is 10.1. The van der Waals surface area contributed by atoms with Crippen molar-refractivity contribution in [3.63, 3.8) is 0 Å². The molecule has 0 heterocycles. The molecule has 8 nitrogen and oxygen atoms in total. The Labute approximate surface area is 393 Å². The van der Waals surface area contributed by atoms with E-state index in [1.807, 2.05) is 0 Å². The Morgan fingerprint density at radius 1 is 0.484 bits per heavy atom. The second-order valence-electron chi connectivity index (χ2n) is 18.0. The maximum Gasteiger partial charge on any atom is 0.306 e. The standard InChI is InChI=1S/C56H95NO7/c1-6-8-10-12-14-16-18-20-22-24-26-28-30-32-34-36-38-40-42-44-46-54(58)63-51-52(50-62-49-48-53(56(60)61)57(3,4)5)64-55(59)47-45-43-41-39-37-35-33-31-29-27-25-23-21-19-17-15-13-11-9-7-2/h9,11,15,17,21,23,26-29,33,35,39,41,52-53H,6-8,10,12-14,16,18-20,22,24-25,30-32,34,36-38,40,42-51H2,1-5H3/b11-9+,17-15+,23-21+,28-26+,29-27+,35-33+,41-39+. The number of nitrogens with zero attached hydrogens (tertiary/aromatic N) is 1. The SMILES string of the molecule is CC/C=C/C/C=C/C/C=C/C/C=C/C/C=C/C/C=C/CCCC(=O)OC(COCCC(C(=O)[O-])[N+](C)(C)C)COC(=O)CCCCCCCCC/C=C/CCCCCCCCCCC. The smallest absolute Gasteiger partial charge is 0.306 e. The van der Waals surface area contributed by atoms with Gasteiger partial charge in [-0.3, -0.25) is 9.59 Å². The highest BCUT2D eigenvalue weighted by Crippen LogP contribution is 2.14. The van der Waals surface area contributed by atoms with E-state index in [0.29, 0.717) is 12.8 Å². The molecule has 0 spiro atoms. The summed E-state index contributed by atoms with van der Waals surface area (Å²) >= 11 is 0. The Bertz CT molecular complexity index is 1320. The van der Waals surface area contributed by atoms with E-state index in [0.717, 1.165) is 64.2 Å². The van der Waals surface area contributed by atoms with Gasteiger partial charge in [0.15, 0.2) is 6.10 Å². The van der Waals surface area contributed by atoms with Gasteiger partial charge in [-0.05, 0) is 83.5 Å². The van der Waals surface area contributed by atoms with Crippen LogP contribution < -0.4 is 5.11 Å². The molecule has 0 N–H and O–H groups in total. The molecule has 8 heteroatoms. The highest BCUT2D eigenvalue weighted by Gasteiger charge is 2.25. The molecule has 0 aromatic carbocycles. The average Bonchev–Trinajstić information content (AvgIpc) is 3.26. The van der Waals surface area contributed by atoms with Crippen LogP contribution in [0.2, 0.25) is 0 Å². The van der Waals surface area contributed by atoms with Gasteiger partial charge in [0, 0.05) is 19.3 Å². The van der Waals surface area contributed by atoms with Crippen LogP contribution >= 0.6 is 0 Å². The number of carboxylic acid groups (broad SMARTS) is 1. The van der Waals surface area contributed by atoms with Crippen molar-refractivity contribution in [2.24, 2.45) is 0 Å². The lowest BCUT2D eigenvalue weighted by Gasteiger charge is -2.34. The molecule has 0 aliphatic heterocycles. The van der Waals surface area contributed by atoms with Crippen LogP contribution in [0.15, 0.2) is 85.1 Å². The Balaban J connectivity index is 4.37. The number of esters is 2. The van der Waals surface area contributed by atoms with Gasteiger partial charge in [-0.2, -0.15) is 0 Å². The molecule has 0 aromatic heterocycles. The third kappa shape index (κ3) is 43.7. The Morgan fingerprint density at radius 2 is 0.891 bits per heavy atom. The summed E-state index contributed by atoms with van der Waals surface area (Å²) < 4.78 is 17.2. The number of ether oxygens (including phenoxy) is 3. The first-order valence-corrected chi connectivity index (χ1v) is 25.6. The van der Waals surface area contributed by atoms with Crippen molar-refractivity contribution in [1.29, 1.82) is 0 Å². The Kier molecular flexibility index (Phi) is 43.5. The first kappa shape index (κ1) is 60.5. The van der Waals surface area contributed by atoms with Crippen LogP contribution in [0.5, 0.6) is 0 Å². The van der Waals surface area contributed by atoms with Gasteiger partial charge in [0.05, 0.1) is 40.3 Å². The minimum Gasteiger partial charge on any atom is -0.544 e. The van der Waals surface area contributed by atoms with Crippen molar-refractivity contribution < 1.29 is 38.2 Å². The second kappa shape index (κ2) is 46.1. The summed E-state index contributed by atoms with van der Waals surface area (Å²) in [6.07, 6.45) is 60.5. The molecule has 0 amide bonds. The number of rotatable bonds is 45. The topological polar surface area (TPSA) is 102 Å². The monoisotopic (exact) mass is 894 g/mol. The number of aliphatic carboxylic acids is 1. The van der Waals surface area contributed by atoms with E-state index in [2.05, 4.69) is 98.9 Å². The average molecular weight is 894 g/mol. The van der Waals surface area contributed by atoms with Crippen molar-refractivity contribution in [3.05, 3.63) is 85.1 Å². The van der Waals surface area contributed by atoms with Gasteiger partial charge in [-0.1, -0.05) is 182 Å². The van der Waals surface area contributed by atoms with E-state index in [1.54, 1.807) is 21.1 Å². The first-order chi connectivity index (χ1) is 31.1. The molecular weight excluding hydrogens is 799 g/mol. The summed E-state index contributed by atoms with van der Waals surface area (Å²) in [7, 11) is 5.39. The number of carbonyl (C=O) groups excluding carboxylic acids is 3. The minimum absolute atomic E-state index is 0.0121. The van der Waals surface area contributed by atoms with Crippen LogP contribution in [0.1, 0.15) is 200 Å². The molecule has 0 saturated heterocycles. The first-order valence-electron chi connectivity index (χ1n) is 25.6. The minimum atomic E-state index is -1.14. The van der Waals surface area contributed by atoms with Gasteiger partial charge < -0.3 is 28.6 Å². The van der Waals surface area contributed by atoms with Gasteiger partial charge in [0.25, 0.3) is 0 Å². The molecule has 0 aliphatic rings. The number of hydrogen-bond donors (Lipinski definition) is 0. The molecular formula is C56H95NO7. The number of likely N-dealkylation sites (N-methyl/N-ethyl adjacent to an activating group) is 1. The molecule has 0 rings (SSSR count). The molecule has 0 radical (unpaired) electrons. The van der Waals surface area contributed by atoms with E-state index in [1.165, 1.54) is 96.3 Å². The van der Waals surface area contributed by atoms with Crippen molar-refractivity contribution in [2.75, 3.05) is 41.0 Å². The summed E-state index contributed by atoms with van der Waals surface area (Å²) in [4.78, 5) is 37.0. The predicted octanol–water partition coefficient (Wildman–Crippen LogP) is 13.5. The summed E-state index contributed by atoms with van der Waals surface area (Å²) in [5, 5.41) is 11.7. The summed E-state index contributed by atoms with van der Waals surface area (Å²) in [6.45, 7) is 4.49. The molecule has 0 bridgehead atoms. The fraction of sp³-hybridized carbons (Fsp3) is 0.696. The van der Waals surface area contributed by atoms with Crippen LogP contribution in [-0.2, 0) is 28.6 Å². The van der Waals surface area contributed by atoms with Crippen molar-refractivity contribution in [2.45, 2.75) is 212 Å². The van der Waals surface area contributed by atoms with E-state index < -0.39 is 18.1 Å². The maximum absolute atomic E-state index is 12.8. The summed E-state index contributed by atoms with van der Waals surface area (Å²) in [5.41, 5.74) is 0. The van der Waals surface area contributed by atoms with Crippen LogP contribution in [0.3, 0.4) is 0 Å². The van der Waals surface area contributed by atoms with Gasteiger partial charge in [-0.15, -0.1) is 0 Å². The van der Waals surface area contributed by atoms with Crippen LogP contribution in [0.25, 0.3) is 0 Å². The molecule has 0 aliphatic carbocycles. The number of hydrogen-bond acceptors (Lipinski definition) is 7. The normalized spacial score (nSPS) is 13.6. The van der Waals surface area contributed by atoms with Gasteiger partial charge >= 0.3 is 11.9 Å². The predicted molar refractivity (Wildman–Crippen MR) is 268 cm³/mol. The zero-order valence-corrected chi connectivity index (χ0v) is 41.7. The largest absolute Gasteiger partial charge is 0.544 e. The summed E-state index contributed by atoms with van der Waals surface area (Å²) in [6, 6.07) is -0.742. The van der Waals surface area contributed by atoms with E-state index in [9.17, 15) is 19.5 Å². The van der Waals surface area contributed by atoms with Crippen LogP contribution in [0, 0.1) is 0 Å². The van der Waals surface area contributed by atoms with E-state index in [4.69, 9.17) is 14.2 Å². The molecule has 2 atom stereocenters. The molecule has 0 fully saturated rings. The highest BCUT2D eigenvalue weighted by atomic mass is 16.6. The third-order valence-electron chi connectivity index (χ3n) is 11.0. The molecule has 64 heavy (non-hydrogen) atoms. The second-order valence-corrected chi connectivity index (χ2v) is 18.0. The number of quaternary nitrogens is 1. The number of unbranched alkanes of at least 4 members (excludes halogenated alkanes) is 17. The van der Waals surface area contributed by atoms with Gasteiger partial charge in [0.2, 0.25) is 0 Å². The van der Waals surface area contributed by atoms with Crippen molar-refractivity contribution >= 4 is 17.9 Å². The molecule has 0 aromatic rings. The quantitative estimate of drug-likeness (QED) is 0.0260. The summed E-state index contributed by atoms with van der Waals surface area (Å²) in [5.74, 6) is -1.82. The Hall–Kier alpha value is -3.49. The molecule has 366 valence electrons. The van der Waals surface area contributed by atoms with Gasteiger partial charge in [-0.25, -0.2) is 0 Å². The number of carbonyl (C=O) groups is 3. The molecule has 0 saturated carbocycles. The zero-order valence-electron chi connectivity index (χ0n) is 41.7. The fourth-order valence-corrected chi connectivity index (χ4v) is 7.08. The van der Waals surface area contributed by atoms with Gasteiger partial charge in [0.1, 0.15) is 12.6 Å². The Morgan fingerprint density at radius 3 is 1.36 bits per heavy atom. The van der Waals surface area contributed by atoms with Crippen molar-refractivity contribution in [3.8, 4) is 0 Å². The van der Waals surface area contributed by atoms with E-state index in [-0.39, 0.29) is 49.1 Å².